The molecule has 0 bridgehead atoms. The van der Waals surface area contributed by atoms with Crippen molar-refractivity contribution in [2.75, 3.05) is 6.67 Å². The molecule has 1 nitrogen and oxygen atoms in total. The van der Waals surface area contributed by atoms with E-state index in [1.165, 1.54) is 0 Å². The Bertz CT molecular complexity index is 91.1. The molecular weight excluding hydrogens is 143 g/mol. The van der Waals surface area contributed by atoms with Gasteiger partial charge in [0.2, 0.25) is 5.24 Å². The quantitative estimate of drug-likeness (QED) is 0.564. The Hall–Kier alpha value is -0.110. The molecule has 9 heavy (non-hydrogen) atoms. The summed E-state index contributed by atoms with van der Waals surface area (Å²) >= 11 is 5.02. The molecule has 0 aliphatic carbocycles. The molecule has 0 aromatic rings. The molecule has 0 amide bonds. The molecule has 0 aromatic carbocycles. The summed E-state index contributed by atoms with van der Waals surface area (Å²) in [5.41, 5.74) is 0. The molecule has 0 aliphatic heterocycles. The fraction of sp³-hybridized carbons (Fsp3) is 0.833. The number of alkyl halides is 1. The predicted octanol–water partition coefficient (Wildman–Crippen LogP) is 2.14. The first kappa shape index (κ1) is 8.89. The summed E-state index contributed by atoms with van der Waals surface area (Å²) in [6.07, 6.45) is 0.837. The monoisotopic (exact) mass is 152 g/mol. The lowest BCUT2D eigenvalue weighted by Gasteiger charge is -2.04. The molecule has 0 aromatic heterocycles. The van der Waals surface area contributed by atoms with Crippen molar-refractivity contribution in [2.45, 2.75) is 19.8 Å². The minimum atomic E-state index is -0.449. The molecule has 0 rings (SSSR count). The maximum Gasteiger partial charge on any atom is 0.222 e. The third kappa shape index (κ3) is 4.40. The van der Waals surface area contributed by atoms with Gasteiger partial charge in [-0.25, -0.2) is 0 Å². The average Bonchev–Trinajstić information content (AvgIpc) is 1.82. The smallest absolute Gasteiger partial charge is 0.222 e. The van der Waals surface area contributed by atoms with Crippen LogP contribution in [0.3, 0.4) is 0 Å². The van der Waals surface area contributed by atoms with Gasteiger partial charge in [0, 0.05) is 6.42 Å². The summed E-state index contributed by atoms with van der Waals surface area (Å²) in [6, 6.07) is 0. The maximum atomic E-state index is 11.8. The minimum absolute atomic E-state index is 0.161. The van der Waals surface area contributed by atoms with E-state index >= 15 is 0 Å². The van der Waals surface area contributed by atoms with Crippen LogP contribution in [-0.4, -0.2) is 11.9 Å². The topological polar surface area (TPSA) is 17.1 Å². The van der Waals surface area contributed by atoms with Gasteiger partial charge in [-0.1, -0.05) is 13.3 Å². The Labute approximate surface area is 59.2 Å². The molecule has 3 heteroatoms. The molecule has 1 atom stereocenters. The molecule has 1 unspecified atom stereocenters. The van der Waals surface area contributed by atoms with Crippen molar-refractivity contribution >= 4 is 16.8 Å². The van der Waals surface area contributed by atoms with E-state index in [2.05, 4.69) is 0 Å². The third-order valence-electron chi connectivity index (χ3n) is 1.24. The van der Waals surface area contributed by atoms with Crippen LogP contribution in [0, 0.1) is 5.92 Å². The molecule has 0 radical (unpaired) electrons. The second-order valence-corrected chi connectivity index (χ2v) is 2.41. The first-order valence-electron chi connectivity index (χ1n) is 2.95. The van der Waals surface area contributed by atoms with Crippen LogP contribution >= 0.6 is 11.6 Å². The van der Waals surface area contributed by atoms with Gasteiger partial charge in [-0.3, -0.25) is 9.18 Å². The van der Waals surface area contributed by atoms with Crippen LogP contribution in [0.5, 0.6) is 0 Å². The van der Waals surface area contributed by atoms with Crippen LogP contribution in [0.1, 0.15) is 19.8 Å². The van der Waals surface area contributed by atoms with E-state index in [9.17, 15) is 9.18 Å². The minimum Gasteiger partial charge on any atom is -0.281 e. The van der Waals surface area contributed by atoms with Gasteiger partial charge in [-0.2, -0.15) is 0 Å². The van der Waals surface area contributed by atoms with Crippen molar-refractivity contribution in [3.05, 3.63) is 0 Å². The molecule has 0 heterocycles. The highest BCUT2D eigenvalue weighted by molar-refractivity contribution is 6.63. The number of carbonyl (C=O) groups is 1. The normalized spacial score (nSPS) is 13.2. The summed E-state index contributed by atoms with van der Waals surface area (Å²) in [5.74, 6) is -0.171. The zero-order valence-electron chi connectivity index (χ0n) is 5.36. The Balaban J connectivity index is 3.43. The SMILES string of the molecule is CCC(CF)CC(=O)Cl. The van der Waals surface area contributed by atoms with Gasteiger partial charge in [-0.05, 0) is 17.5 Å². The molecule has 0 N–H and O–H groups in total. The van der Waals surface area contributed by atoms with Crippen LogP contribution in [0.15, 0.2) is 0 Å². The van der Waals surface area contributed by atoms with Crippen molar-refractivity contribution in [1.82, 2.24) is 0 Å². The standard InChI is InChI=1S/C6H10ClFO/c1-2-5(4-8)3-6(7)9/h5H,2-4H2,1H3. The lowest BCUT2D eigenvalue weighted by molar-refractivity contribution is -0.112. The van der Waals surface area contributed by atoms with Gasteiger partial charge in [0.05, 0.1) is 6.67 Å². The zero-order valence-corrected chi connectivity index (χ0v) is 6.12. The number of hydrogen-bond acceptors (Lipinski definition) is 1. The molecule has 0 spiro atoms. The van der Waals surface area contributed by atoms with E-state index in [4.69, 9.17) is 11.6 Å². The van der Waals surface area contributed by atoms with E-state index in [0.717, 1.165) is 0 Å². The van der Waals surface area contributed by atoms with Crippen LogP contribution in [0.2, 0.25) is 0 Å². The number of carbonyl (C=O) groups excluding carboxylic acids is 1. The summed E-state index contributed by atoms with van der Waals surface area (Å²) in [7, 11) is 0. The Morgan fingerprint density at radius 2 is 2.33 bits per heavy atom. The van der Waals surface area contributed by atoms with E-state index in [1.54, 1.807) is 0 Å². The van der Waals surface area contributed by atoms with Crippen molar-refractivity contribution in [2.24, 2.45) is 5.92 Å². The van der Waals surface area contributed by atoms with Crippen molar-refractivity contribution in [1.29, 1.82) is 0 Å². The third-order valence-corrected chi connectivity index (χ3v) is 1.40. The number of rotatable bonds is 4. The van der Waals surface area contributed by atoms with E-state index < -0.39 is 11.9 Å². The van der Waals surface area contributed by atoms with Crippen molar-refractivity contribution < 1.29 is 9.18 Å². The Morgan fingerprint density at radius 1 is 1.78 bits per heavy atom. The number of hydrogen-bond donors (Lipinski definition) is 0. The summed E-state index contributed by atoms with van der Waals surface area (Å²) in [4.78, 5) is 10.2. The van der Waals surface area contributed by atoms with Gasteiger partial charge in [-0.15, -0.1) is 0 Å². The lowest BCUT2D eigenvalue weighted by atomic mass is 10.1. The highest BCUT2D eigenvalue weighted by atomic mass is 35.5. The molecule has 0 saturated heterocycles. The van der Waals surface area contributed by atoms with Crippen molar-refractivity contribution in [3.8, 4) is 0 Å². The van der Waals surface area contributed by atoms with E-state index in [-0.39, 0.29) is 12.3 Å². The van der Waals surface area contributed by atoms with Crippen LogP contribution in [-0.2, 0) is 4.79 Å². The summed E-state index contributed by atoms with van der Waals surface area (Å²) in [6.45, 7) is 1.39. The molecule has 0 saturated carbocycles. The van der Waals surface area contributed by atoms with Crippen LogP contribution in [0.4, 0.5) is 4.39 Å². The molecule has 0 aliphatic rings. The van der Waals surface area contributed by atoms with Gasteiger partial charge in [0.15, 0.2) is 0 Å². The van der Waals surface area contributed by atoms with Gasteiger partial charge in [0.1, 0.15) is 0 Å². The second-order valence-electron chi connectivity index (χ2n) is 1.99. The first-order valence-corrected chi connectivity index (χ1v) is 3.32. The molecule has 54 valence electrons. The summed E-state index contributed by atoms with van der Waals surface area (Å²) in [5, 5.41) is -0.445. The second kappa shape index (κ2) is 4.74. The molecular formula is C6H10ClFO. The average molecular weight is 153 g/mol. The van der Waals surface area contributed by atoms with E-state index in [0.29, 0.717) is 6.42 Å². The first-order chi connectivity index (χ1) is 4.20. The van der Waals surface area contributed by atoms with Gasteiger partial charge >= 0.3 is 0 Å². The highest BCUT2D eigenvalue weighted by Gasteiger charge is 2.08. The largest absolute Gasteiger partial charge is 0.281 e. The van der Waals surface area contributed by atoms with Crippen LogP contribution < -0.4 is 0 Å². The van der Waals surface area contributed by atoms with E-state index in [1.807, 2.05) is 6.92 Å². The van der Waals surface area contributed by atoms with Crippen molar-refractivity contribution in [3.63, 3.8) is 0 Å². The Morgan fingerprint density at radius 3 is 2.44 bits per heavy atom. The maximum absolute atomic E-state index is 11.8. The van der Waals surface area contributed by atoms with Gasteiger partial charge in [0.25, 0.3) is 0 Å². The predicted molar refractivity (Wildman–Crippen MR) is 35.2 cm³/mol. The number of halogens is 2. The lowest BCUT2D eigenvalue weighted by Crippen LogP contribution is -2.04. The fourth-order valence-electron chi connectivity index (χ4n) is 0.535. The van der Waals surface area contributed by atoms with Gasteiger partial charge < -0.3 is 0 Å². The highest BCUT2D eigenvalue weighted by Crippen LogP contribution is 2.09. The molecule has 0 fully saturated rings. The van der Waals surface area contributed by atoms with Crippen LogP contribution in [0.25, 0.3) is 0 Å². The summed E-state index contributed by atoms with van der Waals surface area (Å²) < 4.78 is 11.8. The zero-order chi connectivity index (χ0) is 7.28. The fourth-order valence-corrected chi connectivity index (χ4v) is 0.753. The Kier molecular flexibility index (Phi) is 4.68.